The van der Waals surface area contributed by atoms with E-state index in [1.54, 1.807) is 27.7 Å². The fourth-order valence-electron chi connectivity index (χ4n) is 12.5. The minimum absolute atomic E-state index is 0.0600. The van der Waals surface area contributed by atoms with E-state index in [2.05, 4.69) is 106 Å². The molecule has 2 aromatic rings. The first-order valence-corrected chi connectivity index (χ1v) is 40.8. The molecule has 5 heterocycles. The van der Waals surface area contributed by atoms with Crippen molar-refractivity contribution in [2.75, 3.05) is 90.5 Å². The summed E-state index contributed by atoms with van der Waals surface area (Å²) in [7, 11) is 1.08. The number of H-pyrrole nitrogens is 1. The van der Waals surface area contributed by atoms with Gasteiger partial charge in [-0.15, -0.1) is 11.8 Å². The minimum Gasteiger partial charge on any atom is -0.478 e. The first-order valence-electron chi connectivity index (χ1n) is 39.1. The van der Waals surface area contributed by atoms with E-state index >= 15 is 9.59 Å². The lowest BCUT2D eigenvalue weighted by atomic mass is 9.96. The van der Waals surface area contributed by atoms with Crippen LogP contribution >= 0.6 is 27.7 Å². The first-order chi connectivity index (χ1) is 57.3. The van der Waals surface area contributed by atoms with Gasteiger partial charge in [0, 0.05) is 80.7 Å². The van der Waals surface area contributed by atoms with Crippen molar-refractivity contribution in [1.29, 1.82) is 0 Å². The van der Waals surface area contributed by atoms with Gasteiger partial charge in [0.2, 0.25) is 88.6 Å². The van der Waals surface area contributed by atoms with Crippen LogP contribution in [0.5, 0.6) is 5.75 Å². The molecule has 4 aliphatic heterocycles. The monoisotopic (exact) mass is 1790 g/mol. The average Bonchev–Trinajstić information content (AvgIpc) is 1.63. The number of nitrogens with one attached hydrogen (secondary N) is 17. The van der Waals surface area contributed by atoms with Gasteiger partial charge in [-0.05, 0) is 80.1 Å². The zero-order valence-corrected chi connectivity index (χ0v) is 70.8. The van der Waals surface area contributed by atoms with Crippen molar-refractivity contribution in [2.45, 2.75) is 191 Å². The number of methoxy groups -OCH3 is 1. The molecule has 1 fully saturated rings. The number of carbonyl (C=O) groups is 19. The van der Waals surface area contributed by atoms with Gasteiger partial charge in [0.25, 0.3) is 5.91 Å². The number of hydrogen-bond acceptors (Lipinski definition) is 27. The van der Waals surface area contributed by atoms with Gasteiger partial charge in [-0.1, -0.05) is 40.5 Å². The van der Waals surface area contributed by atoms with Crippen LogP contribution in [0.4, 0.5) is 5.69 Å². The van der Waals surface area contributed by atoms with E-state index in [1.807, 2.05) is 0 Å². The van der Waals surface area contributed by atoms with E-state index in [0.717, 1.165) is 36.8 Å². The SMILES string of the molecule is CC[C@H](C)[C@@H]1NC(=O)CNC(=O)[C@@H]2Cc3c([nH]c4cc5c(cc34)NC(=O)C(C)NC(=O)C(C)NC(=O)CCOCCNC(=O)C(NC(=O)/C(C)=C\C(=O)O)C(NC(=O)/C(Br)=C\CO)C(=O)NCCOCCC(=O)NC(C)C(=O)NC(C)C(=O)O5)SC[C@@H](CN[C@@H](CC(=O)OC)C(=O)N3C[C@H](O)C[C@H]3C(=O)N[C@@H]([C@@H](C)CC)C(=O)N2)NC(=O)CNC1=O. The lowest BCUT2D eigenvalue weighted by molar-refractivity contribution is -0.147. The van der Waals surface area contributed by atoms with Crippen LogP contribution in [0.3, 0.4) is 0 Å². The Morgan fingerprint density at radius 3 is 1.78 bits per heavy atom. The maximum atomic E-state index is 15.1. The van der Waals surface area contributed by atoms with E-state index in [9.17, 15) is 96.8 Å². The number of ether oxygens (including phenoxy) is 4. The molecule has 46 heteroatoms. The molecule has 0 radical (unpaired) electrons. The molecule has 15 atom stereocenters. The Hall–Kier alpha value is -11.2. The van der Waals surface area contributed by atoms with Crippen molar-refractivity contribution in [3.63, 3.8) is 0 Å². The number of carbonyl (C=O) groups excluding carboxylic acids is 18. The van der Waals surface area contributed by atoms with Crippen LogP contribution in [0, 0.1) is 11.8 Å². The zero-order valence-electron chi connectivity index (χ0n) is 68.4. The van der Waals surface area contributed by atoms with Crippen LogP contribution in [0.25, 0.3) is 10.9 Å². The van der Waals surface area contributed by atoms with Gasteiger partial charge >= 0.3 is 17.9 Å². The number of halogens is 1. The number of aromatic amines is 1. The van der Waals surface area contributed by atoms with E-state index in [-0.39, 0.29) is 96.3 Å². The zero-order chi connectivity index (χ0) is 89.6. The number of hydrogen-bond donors (Lipinski definition) is 20. The predicted octanol–water partition coefficient (Wildman–Crippen LogP) is -6.23. The van der Waals surface area contributed by atoms with Crippen LogP contribution in [0.1, 0.15) is 106 Å². The van der Waals surface area contributed by atoms with Crippen molar-refractivity contribution < 1.29 is 125 Å². The highest BCUT2D eigenvalue weighted by molar-refractivity contribution is 9.12. The Morgan fingerprint density at radius 1 is 0.653 bits per heavy atom. The summed E-state index contributed by atoms with van der Waals surface area (Å²) < 4.78 is 21.7. The van der Waals surface area contributed by atoms with Gasteiger partial charge in [0.15, 0.2) is 5.75 Å². The van der Waals surface area contributed by atoms with Crippen molar-refractivity contribution in [1.82, 2.24) is 89.6 Å². The molecular formula is C75H107BrN18O26S. The molecule has 2 bridgehead atoms. The number of amides is 16. The quantitative estimate of drug-likeness (QED) is 0.0534. The molecule has 6 rings (SSSR count). The highest BCUT2D eigenvalue weighted by Crippen LogP contribution is 2.38. The summed E-state index contributed by atoms with van der Waals surface area (Å²) in [6.07, 6.45) is -1.50. The second kappa shape index (κ2) is 47.7. The average molecular weight is 1790 g/mol. The van der Waals surface area contributed by atoms with Gasteiger partial charge in [-0.2, -0.15) is 0 Å². The third-order valence-electron chi connectivity index (χ3n) is 19.8. The molecule has 1 aromatic heterocycles. The highest BCUT2D eigenvalue weighted by atomic mass is 79.9. The molecule has 666 valence electrons. The van der Waals surface area contributed by atoms with Crippen molar-refractivity contribution in [2.24, 2.45) is 11.8 Å². The maximum Gasteiger partial charge on any atom is 0.333 e. The summed E-state index contributed by atoms with van der Waals surface area (Å²) >= 11 is 3.93. The number of aliphatic hydroxyl groups excluding tert-OH is 2. The van der Waals surface area contributed by atoms with Gasteiger partial charge in [0.1, 0.15) is 60.4 Å². The van der Waals surface area contributed by atoms with Gasteiger partial charge in [-0.25, -0.2) is 9.59 Å². The van der Waals surface area contributed by atoms with Gasteiger partial charge in [0.05, 0.1) is 98.6 Å². The standard InChI is InChI=1S/C75H107BrN18O26S/c1-11-34(3)58-69(111)81-30-54(99)86-41-29-79-49(28-57(103)117-10)74(115)94-32-42(96)24-50(94)68(110)91-59(35(4)12-2)72(114)88-48(67(109)80-31-55(100)90-58)26-44-43-25-47-51(27-46(43)89-73(44)121-33-41)120-75(116)40(9)85-64(106)38(7)83-53(98)15-20-119-22-17-78-71(113)61(93-66(108)45(76)13-18-95)60(92-62(104)36(5)23-56(101)102)70(112)77-16-21-118-19-14-52(97)82-37(6)63(105)84-39(8)65(107)87-47/h13,23,25,27,34-35,37-42,48-50,58-61,79,89,95-96H,11-12,14-22,24,26,28-33H2,1-10H3,(H,77,112)(H,78,113)(H,80,109)(H,81,111)(H,82,97)(H,83,98)(H,84,105)(H,85,106)(H,86,99)(H,87,107)(H,88,114)(H,90,100)(H,91,110)(H,92,104)(H,93,108)(H,101,102)/b36-23-,45-13+/t34-,35-,37?,38?,39?,40?,41+,42+,48-,49-,50-,58-,59-,60?,61?/m0/s1. The number of esters is 2. The highest BCUT2D eigenvalue weighted by Gasteiger charge is 2.45. The molecule has 16 amide bonds. The number of anilines is 1. The largest absolute Gasteiger partial charge is 0.478 e. The topological polar surface area (TPSA) is 633 Å². The summed E-state index contributed by atoms with van der Waals surface area (Å²) in [4.78, 5) is 268. The van der Waals surface area contributed by atoms with E-state index in [4.69, 9.17) is 18.9 Å². The van der Waals surface area contributed by atoms with Crippen molar-refractivity contribution in [3.05, 3.63) is 39.9 Å². The fraction of sp³-hybridized carbons (Fsp3) is 0.587. The Balaban J connectivity index is 1.44. The van der Waals surface area contributed by atoms with Gasteiger partial charge < -0.3 is 129 Å². The van der Waals surface area contributed by atoms with Crippen LogP contribution in [-0.2, 0) is 112 Å². The summed E-state index contributed by atoms with van der Waals surface area (Å²) in [5.41, 5.74) is -0.578. The molecule has 0 saturated carbocycles. The summed E-state index contributed by atoms with van der Waals surface area (Å²) in [6.45, 7) is 7.86. The van der Waals surface area contributed by atoms with Crippen LogP contribution < -0.4 is 89.8 Å². The summed E-state index contributed by atoms with van der Waals surface area (Å²) in [5.74, 6) is -20.5. The lowest BCUT2D eigenvalue weighted by Gasteiger charge is -2.32. The number of fused-ring (bicyclic) bond motifs is 6. The summed E-state index contributed by atoms with van der Waals surface area (Å²) in [6, 6.07) is -15.8. The first kappa shape index (κ1) is 98.6. The van der Waals surface area contributed by atoms with Crippen LogP contribution in [-0.4, -0.2) is 301 Å². The molecule has 6 unspecified atom stereocenters. The van der Waals surface area contributed by atoms with E-state index in [1.165, 1.54) is 39.8 Å². The number of aliphatic carboxylic acids is 1. The third-order valence-corrected chi connectivity index (χ3v) is 21.7. The van der Waals surface area contributed by atoms with Gasteiger partial charge in [-0.3, -0.25) is 81.5 Å². The molecule has 20 N–H and O–H groups in total. The molecule has 44 nitrogen and oxygen atoms in total. The smallest absolute Gasteiger partial charge is 0.333 e. The van der Waals surface area contributed by atoms with Crippen molar-refractivity contribution >= 4 is 157 Å². The lowest BCUT2D eigenvalue weighted by Crippen LogP contribution is -2.64. The molecule has 1 saturated heterocycles. The number of aliphatic hydroxyl groups is 2. The summed E-state index contributed by atoms with van der Waals surface area (Å²) in [5, 5.41) is 71.0. The maximum absolute atomic E-state index is 15.1. The number of aromatic nitrogens is 1. The number of carboxylic acids is 1. The number of thioether (sulfide) groups is 1. The van der Waals surface area contributed by atoms with E-state index < -0.39 is 266 Å². The third kappa shape index (κ3) is 29.9. The molecule has 1 aromatic carbocycles. The Labute approximate surface area is 707 Å². The number of carboxylic acid groups (broad SMARTS) is 1. The number of rotatable bonds is 12. The second-order valence-electron chi connectivity index (χ2n) is 29.1. The Morgan fingerprint density at radius 2 is 1.21 bits per heavy atom. The Kier molecular flexibility index (Phi) is 38.9. The number of benzene rings is 1. The van der Waals surface area contributed by atoms with Crippen molar-refractivity contribution in [3.8, 4) is 5.75 Å². The van der Waals surface area contributed by atoms with Crippen LogP contribution in [0.15, 0.2) is 39.4 Å². The molecular weight excluding hydrogens is 1680 g/mol. The normalized spacial score (nSPS) is 26.7. The van der Waals surface area contributed by atoms with Crippen LogP contribution in [0.2, 0.25) is 0 Å². The number of nitrogens with zero attached hydrogens (tertiary/aromatic N) is 1. The Bertz CT molecular complexity index is 4280. The molecule has 0 aliphatic carbocycles. The molecule has 4 aliphatic rings. The second-order valence-corrected chi connectivity index (χ2v) is 31.0. The predicted molar refractivity (Wildman–Crippen MR) is 431 cm³/mol. The molecule has 121 heavy (non-hydrogen) atoms. The minimum atomic E-state index is -2.01. The molecule has 0 spiro atoms. The fourth-order valence-corrected chi connectivity index (χ4v) is 13.9. The van der Waals surface area contributed by atoms with E-state index in [0.29, 0.717) is 12.5 Å².